The lowest BCUT2D eigenvalue weighted by atomic mass is 9.85. The molecule has 0 spiro atoms. The Hall–Kier alpha value is -0.960. The fraction of sp³-hybridized carbons (Fsp3) is 0.945. The molecule has 0 heterocycles. The number of unbranched alkanes of at least 4 members (excludes halogenated alkanes) is 34. The third-order valence-electron chi connectivity index (χ3n) is 14.1. The average Bonchev–Trinajstić information content (AvgIpc) is 3.33. The maximum Gasteiger partial charge on any atom is 0.472 e. The molecule has 1 fully saturated rings. The van der Waals surface area contributed by atoms with Crippen molar-refractivity contribution in [2.75, 3.05) is 6.61 Å². The summed E-state index contributed by atoms with van der Waals surface area (Å²) in [5.74, 6) is -0.565. The molecule has 1 rings (SSSR count). The minimum atomic E-state index is -5.10. The molecule has 13 nitrogen and oxygen atoms in total. The third-order valence-corrected chi connectivity index (χ3v) is 15.1. The van der Waals surface area contributed by atoms with E-state index in [4.69, 9.17) is 9.05 Å². The molecule has 0 aliphatic heterocycles. The summed E-state index contributed by atoms with van der Waals surface area (Å²) in [6.45, 7) is 3.65. The van der Waals surface area contributed by atoms with E-state index in [1.165, 1.54) is 186 Å². The molecule has 0 aromatic rings. The van der Waals surface area contributed by atoms with Crippen LogP contribution in [0.1, 0.15) is 271 Å². The van der Waals surface area contributed by atoms with E-state index >= 15 is 0 Å². The lowest BCUT2D eigenvalue weighted by molar-refractivity contribution is -0.220. The molecule has 0 bridgehead atoms. The number of hydrogen-bond donors (Lipinski definition) is 9. The van der Waals surface area contributed by atoms with Crippen molar-refractivity contribution >= 4 is 13.7 Å². The summed E-state index contributed by atoms with van der Waals surface area (Å²) in [4.78, 5) is 23.3. The Morgan fingerprint density at radius 1 is 0.493 bits per heavy atom. The second-order valence-corrected chi connectivity index (χ2v) is 22.1. The molecular weight excluding hydrogens is 898 g/mol. The van der Waals surface area contributed by atoms with E-state index in [2.05, 4.69) is 24.4 Å². The highest BCUT2D eigenvalue weighted by molar-refractivity contribution is 7.47. The van der Waals surface area contributed by atoms with E-state index in [9.17, 15) is 50.0 Å². The fourth-order valence-electron chi connectivity index (χ4n) is 9.48. The van der Waals surface area contributed by atoms with E-state index in [-0.39, 0.29) is 12.8 Å². The van der Waals surface area contributed by atoms with Gasteiger partial charge in [0.15, 0.2) is 0 Å². The molecule has 0 saturated heterocycles. The minimum absolute atomic E-state index is 0.220. The van der Waals surface area contributed by atoms with Crippen molar-refractivity contribution in [3.63, 3.8) is 0 Å². The maximum absolute atomic E-state index is 12.9. The molecule has 1 amide bonds. The average molecular weight is 1010 g/mol. The molecule has 410 valence electrons. The number of rotatable bonds is 49. The number of hydrogen-bond acceptors (Lipinski definition) is 11. The molecule has 1 saturated carbocycles. The zero-order valence-corrected chi connectivity index (χ0v) is 44.9. The molecule has 69 heavy (non-hydrogen) atoms. The SMILES string of the molecule is CCCCCCCCCCCCCCCCCC/C=C\CCCCCCCCCCCCCCCCCC(O)CC(=O)NC(COP(=O)(O)OC1C(O)C(O)C(O)C(O)C1O)C(O)CCCCCC. The number of allylic oxidation sites excluding steroid dienone is 2. The predicted octanol–water partition coefficient (Wildman–Crippen LogP) is 11.7. The monoisotopic (exact) mass is 1010 g/mol. The number of aliphatic hydroxyl groups excluding tert-OH is 7. The number of amides is 1. The Morgan fingerprint density at radius 3 is 1.20 bits per heavy atom. The first kappa shape index (κ1) is 66.1. The highest BCUT2D eigenvalue weighted by Crippen LogP contribution is 2.47. The Morgan fingerprint density at radius 2 is 0.812 bits per heavy atom. The van der Waals surface area contributed by atoms with Crippen LogP contribution in [0.25, 0.3) is 0 Å². The van der Waals surface area contributed by atoms with Crippen molar-refractivity contribution in [1.29, 1.82) is 0 Å². The van der Waals surface area contributed by atoms with E-state index in [1.807, 2.05) is 6.92 Å². The van der Waals surface area contributed by atoms with Gasteiger partial charge in [0.25, 0.3) is 0 Å². The van der Waals surface area contributed by atoms with Gasteiger partial charge in [-0.15, -0.1) is 0 Å². The standard InChI is InChI=1S/C55H108NO12P/c1-3-5-7-9-10-11-12-13-14-15-16-17-18-19-20-21-22-23-24-25-26-27-28-29-30-31-32-33-34-35-36-37-38-39-40-42-46(57)44-49(59)56-47(48(58)43-41-8-6-4-2)45-67-69(65,66)68-55-53(63)51(61)50(60)52(62)54(55)64/h23-24,46-48,50-55,57-58,60-64H,3-22,25-45H2,1-2H3,(H,56,59)(H,65,66)/b24-23-. The molecule has 0 aromatic carbocycles. The van der Waals surface area contributed by atoms with Gasteiger partial charge in [-0.2, -0.15) is 0 Å². The smallest absolute Gasteiger partial charge is 0.393 e. The first-order valence-corrected chi connectivity index (χ1v) is 30.2. The first-order valence-electron chi connectivity index (χ1n) is 28.7. The Labute approximate surface area is 421 Å². The van der Waals surface area contributed by atoms with Gasteiger partial charge in [0.1, 0.15) is 36.6 Å². The van der Waals surface area contributed by atoms with Crippen LogP contribution < -0.4 is 5.32 Å². The van der Waals surface area contributed by atoms with Crippen LogP contribution in [0.2, 0.25) is 0 Å². The van der Waals surface area contributed by atoms with Crippen LogP contribution in [0, 0.1) is 0 Å². The summed E-state index contributed by atoms with van der Waals surface area (Å²) >= 11 is 0. The molecule has 8 atom stereocenters. The second kappa shape index (κ2) is 44.5. The summed E-state index contributed by atoms with van der Waals surface area (Å²) < 4.78 is 22.7. The van der Waals surface area contributed by atoms with Gasteiger partial charge in [-0.3, -0.25) is 13.8 Å². The van der Waals surface area contributed by atoms with Gasteiger partial charge in [-0.05, 0) is 38.5 Å². The van der Waals surface area contributed by atoms with E-state index in [0.717, 1.165) is 44.9 Å². The normalized spacial score (nSPS) is 21.9. The molecule has 14 heteroatoms. The number of carbonyl (C=O) groups is 1. The highest BCUT2D eigenvalue weighted by atomic mass is 31.2. The molecule has 9 N–H and O–H groups in total. The topological polar surface area (TPSA) is 226 Å². The largest absolute Gasteiger partial charge is 0.472 e. The first-order chi connectivity index (χ1) is 33.3. The minimum Gasteiger partial charge on any atom is -0.393 e. The van der Waals surface area contributed by atoms with E-state index in [0.29, 0.717) is 12.8 Å². The lowest BCUT2D eigenvalue weighted by Gasteiger charge is -2.41. The number of nitrogens with one attached hydrogen (secondary N) is 1. The maximum atomic E-state index is 12.9. The van der Waals surface area contributed by atoms with Gasteiger partial charge in [-0.25, -0.2) is 4.57 Å². The van der Waals surface area contributed by atoms with Crippen LogP contribution in [-0.4, -0.2) is 108 Å². The fourth-order valence-corrected chi connectivity index (χ4v) is 10.4. The van der Waals surface area contributed by atoms with Crippen LogP contribution in [0.15, 0.2) is 12.2 Å². The number of phosphoric acid groups is 1. The van der Waals surface area contributed by atoms with Crippen molar-refractivity contribution < 1.29 is 59.0 Å². The summed E-state index contributed by atoms with van der Waals surface area (Å²) in [6, 6.07) is -1.15. The summed E-state index contributed by atoms with van der Waals surface area (Å²) in [6.07, 6.45) is 38.5. The Bertz CT molecular complexity index is 1230. The van der Waals surface area contributed by atoms with Gasteiger partial charge in [0.05, 0.1) is 31.3 Å². The van der Waals surface area contributed by atoms with Gasteiger partial charge in [0, 0.05) is 0 Å². The summed E-state index contributed by atoms with van der Waals surface area (Å²) in [5.41, 5.74) is 0. The van der Waals surface area contributed by atoms with Gasteiger partial charge >= 0.3 is 7.82 Å². The lowest BCUT2D eigenvalue weighted by Crippen LogP contribution is -2.64. The van der Waals surface area contributed by atoms with E-state index in [1.54, 1.807) is 0 Å². The number of aliphatic hydroxyl groups is 7. The zero-order valence-electron chi connectivity index (χ0n) is 44.0. The summed E-state index contributed by atoms with van der Waals surface area (Å²) in [5, 5.41) is 74.1. The zero-order chi connectivity index (χ0) is 50.8. The molecule has 1 aliphatic carbocycles. The van der Waals surface area contributed by atoms with Gasteiger partial charge in [-0.1, -0.05) is 238 Å². The number of carbonyl (C=O) groups excluding carboxylic acids is 1. The molecule has 1 aliphatic rings. The second-order valence-electron chi connectivity index (χ2n) is 20.7. The van der Waals surface area contributed by atoms with Crippen molar-refractivity contribution in [1.82, 2.24) is 5.32 Å². The van der Waals surface area contributed by atoms with Crippen LogP contribution in [0.3, 0.4) is 0 Å². The van der Waals surface area contributed by atoms with Crippen molar-refractivity contribution in [3.05, 3.63) is 12.2 Å². The Kier molecular flexibility index (Phi) is 42.6. The van der Waals surface area contributed by atoms with Crippen LogP contribution in [-0.2, 0) is 18.4 Å². The molecule has 0 radical (unpaired) electrons. The van der Waals surface area contributed by atoms with Crippen LogP contribution >= 0.6 is 7.82 Å². The van der Waals surface area contributed by atoms with Gasteiger partial charge < -0.3 is 46.0 Å². The van der Waals surface area contributed by atoms with E-state index < -0.39 is 75.2 Å². The number of phosphoric ester groups is 1. The van der Waals surface area contributed by atoms with Gasteiger partial charge in [0.2, 0.25) is 5.91 Å². The molecule has 8 unspecified atom stereocenters. The van der Waals surface area contributed by atoms with Crippen molar-refractivity contribution in [3.8, 4) is 0 Å². The van der Waals surface area contributed by atoms with Crippen LogP contribution in [0.5, 0.6) is 0 Å². The van der Waals surface area contributed by atoms with Crippen molar-refractivity contribution in [2.45, 2.75) is 326 Å². The quantitative estimate of drug-likeness (QED) is 0.0158. The van der Waals surface area contributed by atoms with Crippen LogP contribution in [0.4, 0.5) is 0 Å². The predicted molar refractivity (Wildman–Crippen MR) is 280 cm³/mol. The molecule has 0 aromatic heterocycles. The van der Waals surface area contributed by atoms with Crippen molar-refractivity contribution in [2.24, 2.45) is 0 Å². The highest BCUT2D eigenvalue weighted by Gasteiger charge is 2.51. The summed E-state index contributed by atoms with van der Waals surface area (Å²) in [7, 11) is -5.10. The Balaban J connectivity index is 2.04. The molecular formula is C55H108NO12P. The third kappa shape index (κ3) is 35.8.